The number of carbonyl (C=O) groups excluding carboxylic acids is 2. The molecule has 3 rings (SSSR count). The predicted molar refractivity (Wildman–Crippen MR) is 100 cm³/mol. The van der Waals surface area contributed by atoms with Crippen LogP contribution in [0.25, 0.3) is 0 Å². The molecule has 0 bridgehead atoms. The quantitative estimate of drug-likeness (QED) is 0.829. The van der Waals surface area contributed by atoms with Gasteiger partial charge < -0.3 is 10.2 Å². The van der Waals surface area contributed by atoms with Crippen molar-refractivity contribution in [3.05, 3.63) is 50.1 Å². The Morgan fingerprint density at radius 1 is 1.29 bits per heavy atom. The molecule has 0 atom stereocenters. The molecule has 0 saturated carbocycles. The highest BCUT2D eigenvalue weighted by atomic mass is 79.9. The van der Waals surface area contributed by atoms with E-state index in [2.05, 4.69) is 32.7 Å². The van der Waals surface area contributed by atoms with Crippen molar-refractivity contribution in [3.63, 3.8) is 0 Å². The normalized spacial score (nSPS) is 13.5. The van der Waals surface area contributed by atoms with E-state index in [-0.39, 0.29) is 24.7 Å². The first-order valence-electron chi connectivity index (χ1n) is 7.92. The minimum absolute atomic E-state index is 0.0482. The van der Waals surface area contributed by atoms with Gasteiger partial charge in [-0.25, -0.2) is 0 Å². The standard InChI is InChI=1S/C18H19BrN2O2S/c1-12-2-3-14(10-15(12)19)20-17(22)4-5-18(23)21-8-6-16-13(11-21)7-9-24-16/h2-3,7,9-10H,4-6,8,11H2,1H3,(H,20,22). The molecule has 1 aliphatic heterocycles. The number of halogens is 1. The largest absolute Gasteiger partial charge is 0.338 e. The molecule has 2 aromatic rings. The van der Waals surface area contributed by atoms with Gasteiger partial charge in [-0.3, -0.25) is 9.59 Å². The molecule has 1 aliphatic rings. The smallest absolute Gasteiger partial charge is 0.224 e. The number of hydrogen-bond donors (Lipinski definition) is 1. The van der Waals surface area contributed by atoms with E-state index in [1.165, 1.54) is 10.4 Å². The lowest BCUT2D eigenvalue weighted by molar-refractivity contribution is -0.133. The number of nitrogens with one attached hydrogen (secondary N) is 1. The van der Waals surface area contributed by atoms with Crippen LogP contribution in [0.5, 0.6) is 0 Å². The van der Waals surface area contributed by atoms with Crippen LogP contribution >= 0.6 is 27.3 Å². The average molecular weight is 407 g/mol. The van der Waals surface area contributed by atoms with Crippen molar-refractivity contribution < 1.29 is 9.59 Å². The predicted octanol–water partition coefficient (Wildman–Crippen LogP) is 4.12. The summed E-state index contributed by atoms with van der Waals surface area (Å²) in [5, 5.41) is 4.92. The molecule has 4 nitrogen and oxygen atoms in total. The van der Waals surface area contributed by atoms with Gasteiger partial charge in [-0.15, -0.1) is 11.3 Å². The number of thiophene rings is 1. The van der Waals surface area contributed by atoms with Gasteiger partial charge in [-0.1, -0.05) is 22.0 Å². The van der Waals surface area contributed by atoms with E-state index in [4.69, 9.17) is 0 Å². The summed E-state index contributed by atoms with van der Waals surface area (Å²) in [5.74, 6) is -0.0839. The first-order chi connectivity index (χ1) is 11.5. The minimum atomic E-state index is -0.132. The third-order valence-electron chi connectivity index (χ3n) is 4.18. The van der Waals surface area contributed by atoms with Gasteiger partial charge in [0.15, 0.2) is 0 Å². The fourth-order valence-electron chi connectivity index (χ4n) is 2.73. The number of carbonyl (C=O) groups is 2. The van der Waals surface area contributed by atoms with Crippen molar-refractivity contribution in [2.45, 2.75) is 32.7 Å². The highest BCUT2D eigenvalue weighted by Gasteiger charge is 2.21. The monoisotopic (exact) mass is 406 g/mol. The molecule has 1 N–H and O–H groups in total. The number of rotatable bonds is 4. The molecule has 0 radical (unpaired) electrons. The van der Waals surface area contributed by atoms with Crippen LogP contribution in [-0.4, -0.2) is 23.3 Å². The van der Waals surface area contributed by atoms with E-state index in [9.17, 15) is 9.59 Å². The summed E-state index contributed by atoms with van der Waals surface area (Å²) in [4.78, 5) is 27.6. The second kappa shape index (κ2) is 7.49. The molecule has 0 spiro atoms. The van der Waals surface area contributed by atoms with Crippen molar-refractivity contribution in [1.29, 1.82) is 0 Å². The van der Waals surface area contributed by atoms with Crippen LogP contribution in [0.1, 0.15) is 28.8 Å². The summed E-state index contributed by atoms with van der Waals surface area (Å²) in [5.41, 5.74) is 3.10. The highest BCUT2D eigenvalue weighted by molar-refractivity contribution is 9.10. The Morgan fingerprint density at radius 3 is 2.92 bits per heavy atom. The van der Waals surface area contributed by atoms with Gasteiger partial charge in [0.25, 0.3) is 0 Å². The van der Waals surface area contributed by atoms with Crippen LogP contribution in [0.4, 0.5) is 5.69 Å². The number of nitrogens with zero attached hydrogens (tertiary/aromatic N) is 1. The molecule has 0 unspecified atom stereocenters. The van der Waals surface area contributed by atoms with Gasteiger partial charge in [0.05, 0.1) is 0 Å². The van der Waals surface area contributed by atoms with E-state index in [1.807, 2.05) is 30.0 Å². The number of aryl methyl sites for hydroxylation is 1. The van der Waals surface area contributed by atoms with Crippen molar-refractivity contribution in [2.75, 3.05) is 11.9 Å². The topological polar surface area (TPSA) is 49.4 Å². The van der Waals surface area contributed by atoms with Crippen molar-refractivity contribution in [1.82, 2.24) is 4.90 Å². The lowest BCUT2D eigenvalue weighted by Crippen LogP contribution is -2.35. The zero-order valence-corrected chi connectivity index (χ0v) is 15.9. The third kappa shape index (κ3) is 4.05. The van der Waals surface area contributed by atoms with Crippen molar-refractivity contribution in [2.24, 2.45) is 0 Å². The van der Waals surface area contributed by atoms with E-state index in [0.717, 1.165) is 28.7 Å². The summed E-state index contributed by atoms with van der Waals surface area (Å²) in [6.45, 7) is 3.41. The Kier molecular flexibility index (Phi) is 5.36. The number of benzene rings is 1. The number of fused-ring (bicyclic) bond motifs is 1. The Labute approximate surface area is 154 Å². The molecule has 1 aromatic heterocycles. The van der Waals surface area contributed by atoms with Crippen LogP contribution in [0.3, 0.4) is 0 Å². The number of hydrogen-bond acceptors (Lipinski definition) is 3. The zero-order chi connectivity index (χ0) is 17.1. The van der Waals surface area contributed by atoms with Crippen LogP contribution in [0.2, 0.25) is 0 Å². The molecule has 0 saturated heterocycles. The Morgan fingerprint density at radius 2 is 2.12 bits per heavy atom. The Bertz CT molecular complexity index is 772. The maximum atomic E-state index is 12.3. The van der Waals surface area contributed by atoms with E-state index in [0.29, 0.717) is 6.54 Å². The fourth-order valence-corrected chi connectivity index (χ4v) is 4.00. The second-order valence-corrected chi connectivity index (χ2v) is 7.80. The molecule has 126 valence electrons. The molecule has 2 amide bonds. The SMILES string of the molecule is Cc1ccc(NC(=O)CCC(=O)N2CCc3sccc3C2)cc1Br. The molecule has 0 fully saturated rings. The van der Waals surface area contributed by atoms with Crippen LogP contribution < -0.4 is 5.32 Å². The maximum Gasteiger partial charge on any atom is 0.224 e. The lowest BCUT2D eigenvalue weighted by atomic mass is 10.1. The van der Waals surface area contributed by atoms with Gasteiger partial charge in [0.1, 0.15) is 0 Å². The van der Waals surface area contributed by atoms with Gasteiger partial charge in [-0.05, 0) is 48.1 Å². The zero-order valence-electron chi connectivity index (χ0n) is 13.5. The highest BCUT2D eigenvalue weighted by Crippen LogP contribution is 2.24. The summed E-state index contributed by atoms with van der Waals surface area (Å²) >= 11 is 5.20. The summed E-state index contributed by atoms with van der Waals surface area (Å²) in [6, 6.07) is 7.76. The average Bonchev–Trinajstić information content (AvgIpc) is 3.03. The summed E-state index contributed by atoms with van der Waals surface area (Å²) in [7, 11) is 0. The first-order valence-corrected chi connectivity index (χ1v) is 9.59. The molecular weight excluding hydrogens is 388 g/mol. The van der Waals surface area contributed by atoms with Gasteiger partial charge in [-0.2, -0.15) is 0 Å². The lowest BCUT2D eigenvalue weighted by Gasteiger charge is -2.27. The summed E-state index contributed by atoms with van der Waals surface area (Å²) < 4.78 is 0.955. The fraction of sp³-hybridized carbons (Fsp3) is 0.333. The molecule has 1 aromatic carbocycles. The van der Waals surface area contributed by atoms with Crippen molar-refractivity contribution >= 4 is 44.8 Å². The Hall–Kier alpha value is -1.66. The number of amides is 2. The number of anilines is 1. The van der Waals surface area contributed by atoms with Gasteiger partial charge >= 0.3 is 0 Å². The minimum Gasteiger partial charge on any atom is -0.338 e. The van der Waals surface area contributed by atoms with Crippen LogP contribution in [0, 0.1) is 6.92 Å². The van der Waals surface area contributed by atoms with Crippen LogP contribution in [-0.2, 0) is 22.6 Å². The van der Waals surface area contributed by atoms with Gasteiger partial charge in [0.2, 0.25) is 11.8 Å². The molecule has 2 heterocycles. The molecule has 6 heteroatoms. The van der Waals surface area contributed by atoms with E-state index < -0.39 is 0 Å². The van der Waals surface area contributed by atoms with Crippen LogP contribution in [0.15, 0.2) is 34.1 Å². The molecule has 0 aliphatic carbocycles. The Balaban J connectivity index is 1.49. The third-order valence-corrected chi connectivity index (χ3v) is 6.06. The van der Waals surface area contributed by atoms with Crippen molar-refractivity contribution in [3.8, 4) is 0 Å². The molecular formula is C18H19BrN2O2S. The first kappa shape index (κ1) is 17.2. The van der Waals surface area contributed by atoms with Gasteiger partial charge in [0, 0.05) is 41.0 Å². The molecule has 24 heavy (non-hydrogen) atoms. The maximum absolute atomic E-state index is 12.3. The van der Waals surface area contributed by atoms with E-state index in [1.54, 1.807) is 11.3 Å². The van der Waals surface area contributed by atoms with E-state index >= 15 is 0 Å². The summed E-state index contributed by atoms with van der Waals surface area (Å²) in [6.07, 6.45) is 1.37. The second-order valence-electron chi connectivity index (χ2n) is 5.95.